The fourth-order valence-corrected chi connectivity index (χ4v) is 1.46. The van der Waals surface area contributed by atoms with Gasteiger partial charge in [0.2, 0.25) is 0 Å². The van der Waals surface area contributed by atoms with Gasteiger partial charge >= 0.3 is 0 Å². The Balaban J connectivity index is 2.44. The predicted molar refractivity (Wildman–Crippen MR) is 66.1 cm³/mol. The van der Waals surface area contributed by atoms with Gasteiger partial charge < -0.3 is 4.74 Å². The summed E-state index contributed by atoms with van der Waals surface area (Å²) >= 11 is 0. The van der Waals surface area contributed by atoms with Crippen molar-refractivity contribution in [1.82, 2.24) is 0 Å². The Morgan fingerprint density at radius 2 is 2.00 bits per heavy atom. The molecule has 2 heteroatoms. The molecule has 0 aliphatic rings. The van der Waals surface area contributed by atoms with E-state index in [0.717, 1.165) is 12.0 Å². The highest BCUT2D eigenvalue weighted by Gasteiger charge is 1.92. The molecule has 0 spiro atoms. The lowest BCUT2D eigenvalue weighted by molar-refractivity contribution is -0.127. The summed E-state index contributed by atoms with van der Waals surface area (Å²) in [7, 11) is 0. The van der Waals surface area contributed by atoms with Gasteiger partial charge in [-0.2, -0.15) is 0 Å². The third-order valence-corrected chi connectivity index (χ3v) is 2.37. The summed E-state index contributed by atoms with van der Waals surface area (Å²) in [5.41, 5.74) is 2.51. The Kier molecular flexibility index (Phi) is 6.00. The molecule has 86 valence electrons. The van der Waals surface area contributed by atoms with E-state index >= 15 is 0 Å². The molecule has 1 aromatic carbocycles. The minimum Gasteiger partial charge on any atom is -0.464 e. The summed E-state index contributed by atoms with van der Waals surface area (Å²) < 4.78 is 4.56. The van der Waals surface area contributed by atoms with E-state index in [4.69, 9.17) is 0 Å². The highest BCUT2D eigenvalue weighted by Crippen LogP contribution is 2.09. The van der Waals surface area contributed by atoms with Crippen LogP contribution in [-0.2, 0) is 16.0 Å². The summed E-state index contributed by atoms with van der Waals surface area (Å²) in [6.45, 7) is 2.99. The van der Waals surface area contributed by atoms with E-state index in [2.05, 4.69) is 35.9 Å². The van der Waals surface area contributed by atoms with Crippen LogP contribution in [0.25, 0.3) is 6.08 Å². The van der Waals surface area contributed by atoms with E-state index in [0.29, 0.717) is 13.1 Å². The number of hydrogen-bond acceptors (Lipinski definition) is 2. The van der Waals surface area contributed by atoms with Gasteiger partial charge in [-0.3, -0.25) is 4.79 Å². The molecule has 0 aromatic heterocycles. The quantitative estimate of drug-likeness (QED) is 0.519. The largest absolute Gasteiger partial charge is 0.464 e. The molecule has 2 nitrogen and oxygen atoms in total. The van der Waals surface area contributed by atoms with Gasteiger partial charge in [-0.1, -0.05) is 43.7 Å². The topological polar surface area (TPSA) is 26.3 Å². The maximum Gasteiger partial charge on any atom is 0.293 e. The first-order valence-corrected chi connectivity index (χ1v) is 5.67. The van der Waals surface area contributed by atoms with E-state index < -0.39 is 0 Å². The minimum absolute atomic E-state index is 0.334. The molecule has 0 unspecified atom stereocenters. The maximum atomic E-state index is 9.91. The van der Waals surface area contributed by atoms with Gasteiger partial charge in [0.05, 0.1) is 0 Å². The molecule has 0 atom stereocenters. The Bertz CT molecular complexity index is 325. The molecule has 0 fully saturated rings. The van der Waals surface area contributed by atoms with Gasteiger partial charge in [0.25, 0.3) is 6.47 Å². The monoisotopic (exact) mass is 218 g/mol. The average Bonchev–Trinajstić information content (AvgIpc) is 2.33. The first-order valence-electron chi connectivity index (χ1n) is 5.67. The van der Waals surface area contributed by atoms with Gasteiger partial charge in [0.1, 0.15) is 6.61 Å². The number of unbranched alkanes of at least 4 members (excludes halogenated alkanes) is 1. The molecule has 0 aliphatic carbocycles. The van der Waals surface area contributed by atoms with E-state index in [9.17, 15) is 4.79 Å². The molecule has 0 saturated heterocycles. The number of carbonyl (C=O) groups excluding carboxylic acids is 1. The average molecular weight is 218 g/mol. The molecule has 0 radical (unpaired) electrons. The molecule has 0 saturated carbocycles. The highest BCUT2D eigenvalue weighted by atomic mass is 16.5. The van der Waals surface area contributed by atoms with Crippen molar-refractivity contribution in [2.24, 2.45) is 0 Å². The summed E-state index contributed by atoms with van der Waals surface area (Å²) in [6.07, 6.45) is 7.39. The number of aryl methyl sites for hydroxylation is 1. The Morgan fingerprint density at radius 1 is 1.25 bits per heavy atom. The summed E-state index contributed by atoms with van der Waals surface area (Å²) in [5.74, 6) is 0. The molecule has 0 amide bonds. The van der Waals surface area contributed by atoms with Crippen LogP contribution >= 0.6 is 0 Å². The van der Waals surface area contributed by atoms with Crippen LogP contribution < -0.4 is 0 Å². The predicted octanol–water partition coefficient (Wildman–Crippen LogP) is 3.22. The van der Waals surface area contributed by atoms with Gasteiger partial charge in [-0.15, -0.1) is 0 Å². The van der Waals surface area contributed by atoms with Gasteiger partial charge in [0.15, 0.2) is 0 Å². The molecule has 0 aliphatic heterocycles. The van der Waals surface area contributed by atoms with Crippen molar-refractivity contribution < 1.29 is 9.53 Å². The molecule has 0 N–H and O–H groups in total. The zero-order valence-electron chi connectivity index (χ0n) is 9.69. The van der Waals surface area contributed by atoms with E-state index in [1.807, 2.05) is 12.2 Å². The van der Waals surface area contributed by atoms with Crippen molar-refractivity contribution in [2.75, 3.05) is 6.61 Å². The van der Waals surface area contributed by atoms with Crippen molar-refractivity contribution in [1.29, 1.82) is 0 Å². The Labute approximate surface area is 96.9 Å². The van der Waals surface area contributed by atoms with Crippen molar-refractivity contribution in [2.45, 2.75) is 26.2 Å². The van der Waals surface area contributed by atoms with Crippen LogP contribution in [0.3, 0.4) is 0 Å². The minimum atomic E-state index is 0.334. The lowest BCUT2D eigenvalue weighted by Crippen LogP contribution is -1.86. The third-order valence-electron chi connectivity index (χ3n) is 2.37. The first kappa shape index (κ1) is 12.5. The van der Waals surface area contributed by atoms with Crippen molar-refractivity contribution in [3.8, 4) is 0 Å². The molecular weight excluding hydrogens is 200 g/mol. The van der Waals surface area contributed by atoms with Crippen LogP contribution in [0.4, 0.5) is 0 Å². The second kappa shape index (κ2) is 7.69. The van der Waals surface area contributed by atoms with E-state index in [1.54, 1.807) is 0 Å². The lowest BCUT2D eigenvalue weighted by Gasteiger charge is -2.00. The van der Waals surface area contributed by atoms with E-state index in [1.165, 1.54) is 18.4 Å². The fraction of sp³-hybridized carbons (Fsp3) is 0.357. The molecule has 0 bridgehead atoms. The van der Waals surface area contributed by atoms with Crippen molar-refractivity contribution in [3.05, 3.63) is 41.5 Å². The van der Waals surface area contributed by atoms with Crippen LogP contribution in [0, 0.1) is 0 Å². The molecule has 16 heavy (non-hydrogen) atoms. The van der Waals surface area contributed by atoms with Gasteiger partial charge in [-0.05, 0) is 30.0 Å². The van der Waals surface area contributed by atoms with Crippen LogP contribution in [0.1, 0.15) is 30.9 Å². The normalized spacial score (nSPS) is 10.6. The third kappa shape index (κ3) is 4.78. The zero-order valence-corrected chi connectivity index (χ0v) is 9.69. The van der Waals surface area contributed by atoms with Crippen molar-refractivity contribution >= 4 is 12.5 Å². The summed E-state index contributed by atoms with van der Waals surface area (Å²) in [4.78, 5) is 9.91. The second-order valence-electron chi connectivity index (χ2n) is 3.68. The molecule has 0 heterocycles. The molecule has 1 aromatic rings. The van der Waals surface area contributed by atoms with Crippen LogP contribution in [0.15, 0.2) is 30.3 Å². The first-order chi connectivity index (χ1) is 7.86. The zero-order chi connectivity index (χ0) is 11.6. The van der Waals surface area contributed by atoms with Crippen LogP contribution in [-0.4, -0.2) is 13.1 Å². The standard InChI is InChI=1S/C14H18O2/c1-2-3-5-13-7-9-14(10-8-13)6-4-11-16-12-15/h4,6-10,12H,2-3,5,11H2,1H3/b6-4+. The Morgan fingerprint density at radius 3 is 2.62 bits per heavy atom. The summed E-state index contributed by atoms with van der Waals surface area (Å²) in [5, 5.41) is 0. The van der Waals surface area contributed by atoms with Gasteiger partial charge in [-0.25, -0.2) is 0 Å². The number of benzene rings is 1. The van der Waals surface area contributed by atoms with Crippen LogP contribution in [0.5, 0.6) is 0 Å². The smallest absolute Gasteiger partial charge is 0.293 e. The number of carbonyl (C=O) groups is 1. The number of hydrogen-bond donors (Lipinski definition) is 0. The lowest BCUT2D eigenvalue weighted by atomic mass is 10.1. The SMILES string of the molecule is CCCCc1ccc(/C=C/COC=O)cc1. The maximum absolute atomic E-state index is 9.91. The Hall–Kier alpha value is -1.57. The molecular formula is C14H18O2. The number of rotatable bonds is 7. The van der Waals surface area contributed by atoms with Crippen molar-refractivity contribution in [3.63, 3.8) is 0 Å². The highest BCUT2D eigenvalue weighted by molar-refractivity contribution is 5.50. The van der Waals surface area contributed by atoms with E-state index in [-0.39, 0.29) is 0 Å². The van der Waals surface area contributed by atoms with Crippen LogP contribution in [0.2, 0.25) is 0 Å². The fourth-order valence-electron chi connectivity index (χ4n) is 1.46. The summed E-state index contributed by atoms with van der Waals surface area (Å²) in [6, 6.07) is 8.47. The molecule has 1 rings (SSSR count). The second-order valence-corrected chi connectivity index (χ2v) is 3.68. The van der Waals surface area contributed by atoms with Gasteiger partial charge in [0, 0.05) is 0 Å². The number of ether oxygens (including phenoxy) is 1.